The van der Waals surface area contributed by atoms with Crippen molar-refractivity contribution in [3.05, 3.63) is 16.5 Å². The molecule has 1 aromatic rings. The van der Waals surface area contributed by atoms with Gasteiger partial charge in [-0.25, -0.2) is 9.97 Å². The average molecular weight is 342 g/mol. The third-order valence-electron chi connectivity index (χ3n) is 3.24. The largest absolute Gasteiger partial charge is 0.370 e. The van der Waals surface area contributed by atoms with Crippen LogP contribution in [0, 0.1) is 5.92 Å². The molecule has 0 saturated carbocycles. The van der Waals surface area contributed by atoms with E-state index in [0.717, 1.165) is 28.7 Å². The van der Waals surface area contributed by atoms with Crippen LogP contribution in [0.2, 0.25) is 0 Å². The Morgan fingerprint density at radius 2 is 1.75 bits per heavy atom. The van der Waals surface area contributed by atoms with Gasteiger partial charge in [0.25, 0.3) is 0 Å². The molecule has 1 heterocycles. The molecule has 20 heavy (non-hydrogen) atoms. The SMILES string of the molecule is CC(C)CCCCCCNc1cc(Br)nc(C(C)C)n1. The summed E-state index contributed by atoms with van der Waals surface area (Å²) in [6.45, 7) is 9.80. The predicted molar refractivity (Wildman–Crippen MR) is 90.2 cm³/mol. The molecule has 0 saturated heterocycles. The van der Waals surface area contributed by atoms with Gasteiger partial charge in [0.05, 0.1) is 0 Å². The molecule has 1 N–H and O–H groups in total. The Morgan fingerprint density at radius 1 is 1.05 bits per heavy atom. The summed E-state index contributed by atoms with van der Waals surface area (Å²) < 4.78 is 0.857. The number of halogens is 1. The molecular formula is C16H28BrN3. The van der Waals surface area contributed by atoms with Gasteiger partial charge in [-0.3, -0.25) is 0 Å². The van der Waals surface area contributed by atoms with Crippen LogP contribution in [0.4, 0.5) is 5.82 Å². The molecule has 0 aliphatic rings. The first-order valence-corrected chi connectivity index (χ1v) is 8.56. The Bertz CT molecular complexity index is 391. The smallest absolute Gasteiger partial charge is 0.134 e. The third kappa shape index (κ3) is 7.22. The van der Waals surface area contributed by atoms with Crippen LogP contribution >= 0.6 is 15.9 Å². The van der Waals surface area contributed by atoms with Crippen molar-refractivity contribution in [1.29, 1.82) is 0 Å². The maximum absolute atomic E-state index is 4.54. The van der Waals surface area contributed by atoms with Crippen molar-refractivity contribution >= 4 is 21.7 Å². The number of unbranched alkanes of at least 4 members (excludes halogenated alkanes) is 3. The van der Waals surface area contributed by atoms with Gasteiger partial charge >= 0.3 is 0 Å². The van der Waals surface area contributed by atoms with Crippen molar-refractivity contribution in [2.24, 2.45) is 5.92 Å². The van der Waals surface area contributed by atoms with Crippen LogP contribution in [0.15, 0.2) is 10.7 Å². The zero-order valence-electron chi connectivity index (χ0n) is 13.2. The zero-order valence-corrected chi connectivity index (χ0v) is 14.8. The van der Waals surface area contributed by atoms with Crippen LogP contribution < -0.4 is 5.32 Å². The van der Waals surface area contributed by atoms with Gasteiger partial charge < -0.3 is 5.32 Å². The van der Waals surface area contributed by atoms with Crippen LogP contribution in [0.1, 0.15) is 71.5 Å². The van der Waals surface area contributed by atoms with E-state index in [1.54, 1.807) is 0 Å². The minimum absolute atomic E-state index is 0.351. The van der Waals surface area contributed by atoms with Gasteiger partial charge in [-0.1, -0.05) is 53.4 Å². The van der Waals surface area contributed by atoms with Crippen molar-refractivity contribution in [2.45, 2.75) is 65.7 Å². The average Bonchev–Trinajstić information content (AvgIpc) is 2.36. The van der Waals surface area contributed by atoms with E-state index in [0.29, 0.717) is 5.92 Å². The van der Waals surface area contributed by atoms with E-state index in [4.69, 9.17) is 0 Å². The molecule has 0 aliphatic carbocycles. The molecule has 1 aromatic heterocycles. The summed E-state index contributed by atoms with van der Waals surface area (Å²) in [5.74, 6) is 3.00. The number of hydrogen-bond donors (Lipinski definition) is 1. The fourth-order valence-corrected chi connectivity index (χ4v) is 2.43. The number of nitrogens with zero attached hydrogens (tertiary/aromatic N) is 2. The molecule has 0 spiro atoms. The molecule has 0 unspecified atom stereocenters. The number of hydrogen-bond acceptors (Lipinski definition) is 3. The van der Waals surface area contributed by atoms with E-state index in [2.05, 4.69) is 58.9 Å². The van der Waals surface area contributed by atoms with Crippen LogP contribution in [0.3, 0.4) is 0 Å². The summed E-state index contributed by atoms with van der Waals surface area (Å²) in [5.41, 5.74) is 0. The standard InChI is InChI=1S/C16H28BrN3/c1-12(2)9-7-5-6-8-10-18-15-11-14(17)19-16(20-15)13(3)4/h11-13H,5-10H2,1-4H3,(H,18,19,20). The molecule has 0 atom stereocenters. The van der Waals surface area contributed by atoms with E-state index in [1.165, 1.54) is 32.1 Å². The van der Waals surface area contributed by atoms with Crippen molar-refractivity contribution in [3.63, 3.8) is 0 Å². The molecule has 0 amide bonds. The second-order valence-electron chi connectivity index (χ2n) is 6.11. The molecule has 0 radical (unpaired) electrons. The number of aromatic nitrogens is 2. The molecule has 0 aromatic carbocycles. The van der Waals surface area contributed by atoms with Crippen LogP contribution in [0.25, 0.3) is 0 Å². The summed E-state index contributed by atoms with van der Waals surface area (Å²) in [6.07, 6.45) is 6.54. The summed E-state index contributed by atoms with van der Waals surface area (Å²) in [5, 5.41) is 3.40. The minimum Gasteiger partial charge on any atom is -0.370 e. The zero-order chi connectivity index (χ0) is 15.0. The highest BCUT2D eigenvalue weighted by Crippen LogP contribution is 2.17. The molecule has 114 valence electrons. The maximum Gasteiger partial charge on any atom is 0.134 e. The monoisotopic (exact) mass is 341 g/mol. The number of anilines is 1. The first-order chi connectivity index (χ1) is 9.49. The highest BCUT2D eigenvalue weighted by Gasteiger charge is 2.06. The lowest BCUT2D eigenvalue weighted by molar-refractivity contribution is 0.523. The minimum atomic E-state index is 0.351. The lowest BCUT2D eigenvalue weighted by atomic mass is 10.0. The summed E-state index contributed by atoms with van der Waals surface area (Å²) in [7, 11) is 0. The van der Waals surface area contributed by atoms with E-state index in [1.807, 2.05) is 6.07 Å². The van der Waals surface area contributed by atoms with Gasteiger partial charge in [-0.05, 0) is 28.3 Å². The van der Waals surface area contributed by atoms with Crippen molar-refractivity contribution in [1.82, 2.24) is 9.97 Å². The Kier molecular flexibility index (Phi) is 8.12. The molecule has 0 fully saturated rings. The van der Waals surface area contributed by atoms with Crippen LogP contribution in [-0.4, -0.2) is 16.5 Å². The summed E-state index contributed by atoms with van der Waals surface area (Å²) in [4.78, 5) is 8.92. The molecule has 0 bridgehead atoms. The van der Waals surface area contributed by atoms with Gasteiger partial charge in [0.1, 0.15) is 16.2 Å². The summed E-state index contributed by atoms with van der Waals surface area (Å²) >= 11 is 3.45. The van der Waals surface area contributed by atoms with Crippen LogP contribution in [0.5, 0.6) is 0 Å². The molecule has 4 heteroatoms. The fourth-order valence-electron chi connectivity index (χ4n) is 2.03. The van der Waals surface area contributed by atoms with Gasteiger partial charge in [0.2, 0.25) is 0 Å². The summed E-state index contributed by atoms with van der Waals surface area (Å²) in [6, 6.07) is 1.95. The number of rotatable bonds is 9. The second-order valence-corrected chi connectivity index (χ2v) is 6.92. The van der Waals surface area contributed by atoms with Gasteiger partial charge in [0.15, 0.2) is 0 Å². The molecule has 1 rings (SSSR count). The normalized spacial score (nSPS) is 11.3. The van der Waals surface area contributed by atoms with E-state index in [-0.39, 0.29) is 0 Å². The Morgan fingerprint density at radius 3 is 2.40 bits per heavy atom. The first kappa shape index (κ1) is 17.4. The van der Waals surface area contributed by atoms with Crippen molar-refractivity contribution in [3.8, 4) is 0 Å². The topological polar surface area (TPSA) is 37.8 Å². The van der Waals surface area contributed by atoms with E-state index < -0.39 is 0 Å². The molecule has 0 aliphatic heterocycles. The highest BCUT2D eigenvalue weighted by molar-refractivity contribution is 9.10. The van der Waals surface area contributed by atoms with Gasteiger partial charge in [-0.15, -0.1) is 0 Å². The van der Waals surface area contributed by atoms with Gasteiger partial charge in [0, 0.05) is 18.5 Å². The van der Waals surface area contributed by atoms with Crippen molar-refractivity contribution in [2.75, 3.05) is 11.9 Å². The Labute approximate surface area is 132 Å². The van der Waals surface area contributed by atoms with E-state index >= 15 is 0 Å². The first-order valence-electron chi connectivity index (χ1n) is 7.77. The maximum atomic E-state index is 4.54. The van der Waals surface area contributed by atoms with Crippen LogP contribution in [-0.2, 0) is 0 Å². The second kappa shape index (κ2) is 9.32. The quantitative estimate of drug-likeness (QED) is 0.483. The highest BCUT2D eigenvalue weighted by atomic mass is 79.9. The Balaban J connectivity index is 2.25. The van der Waals surface area contributed by atoms with Gasteiger partial charge in [-0.2, -0.15) is 0 Å². The van der Waals surface area contributed by atoms with E-state index in [9.17, 15) is 0 Å². The predicted octanol–water partition coefficient (Wildman–Crippen LogP) is 5.38. The number of nitrogens with one attached hydrogen (secondary N) is 1. The molecular weight excluding hydrogens is 314 g/mol. The lowest BCUT2D eigenvalue weighted by Gasteiger charge is -2.10. The molecule has 3 nitrogen and oxygen atoms in total. The lowest BCUT2D eigenvalue weighted by Crippen LogP contribution is -2.07. The van der Waals surface area contributed by atoms with Crippen molar-refractivity contribution < 1.29 is 0 Å². The Hall–Kier alpha value is -0.640. The third-order valence-corrected chi connectivity index (χ3v) is 3.65. The fraction of sp³-hybridized carbons (Fsp3) is 0.750.